The fourth-order valence-corrected chi connectivity index (χ4v) is 4.78. The third-order valence-corrected chi connectivity index (χ3v) is 6.62. The van der Waals surface area contributed by atoms with E-state index in [1.54, 1.807) is 24.3 Å². The van der Waals surface area contributed by atoms with Crippen LogP contribution in [0.5, 0.6) is 0 Å². The fourth-order valence-electron chi connectivity index (χ4n) is 4.78. The Balaban J connectivity index is 1.43. The van der Waals surface area contributed by atoms with E-state index in [0.29, 0.717) is 28.5 Å². The van der Waals surface area contributed by atoms with E-state index in [1.807, 2.05) is 30.3 Å². The Kier molecular flexibility index (Phi) is 9.28. The van der Waals surface area contributed by atoms with Crippen molar-refractivity contribution in [3.8, 4) is 34.1 Å². The van der Waals surface area contributed by atoms with Gasteiger partial charge in [0.25, 0.3) is 5.89 Å². The maximum absolute atomic E-state index is 12.1. The van der Waals surface area contributed by atoms with Crippen molar-refractivity contribution in [2.24, 2.45) is 0 Å². The van der Waals surface area contributed by atoms with Gasteiger partial charge in [-0.15, -0.1) is 5.10 Å². The normalized spacial score (nSPS) is 21.0. The highest BCUT2D eigenvalue weighted by molar-refractivity contribution is 5.69. The Hall–Kier alpha value is -5.44. The van der Waals surface area contributed by atoms with Crippen molar-refractivity contribution in [2.75, 3.05) is 6.61 Å². The molecule has 0 spiro atoms. The molecule has 1 aliphatic heterocycles. The van der Waals surface area contributed by atoms with Crippen LogP contribution < -0.4 is 0 Å². The van der Waals surface area contributed by atoms with Crippen LogP contribution in [0.1, 0.15) is 33.9 Å². The van der Waals surface area contributed by atoms with Gasteiger partial charge in [0.05, 0.1) is 6.20 Å². The molecule has 45 heavy (non-hydrogen) atoms. The highest BCUT2D eigenvalue weighted by atomic mass is 16.7. The summed E-state index contributed by atoms with van der Waals surface area (Å²) in [5.74, 6) is -2.01. The number of rotatable bonds is 9. The molecular weight excluding hydrogens is 590 g/mol. The molecule has 0 saturated carbocycles. The van der Waals surface area contributed by atoms with Gasteiger partial charge in [-0.1, -0.05) is 52.8 Å². The molecule has 1 aliphatic rings. The largest absolute Gasteiger partial charge is 0.463 e. The van der Waals surface area contributed by atoms with Gasteiger partial charge in [-0.25, -0.2) is 4.68 Å². The standard InChI is InChI=1S/C30H29N5O10/c1-16(36)40-15-24-25(41-17(2)37)26(42-18(3)38)27(43-19(4)39)30(44-24)35-14-23(32-34-35)20-10-12-21(13-11-20)28-31-29(45-33-28)22-8-6-5-7-9-22/h5-14,24-27,30H,15H2,1-4H3/t24-,25-,26+,27-,30-/m1/s1. The molecule has 15 nitrogen and oxygen atoms in total. The predicted octanol–water partition coefficient (Wildman–Crippen LogP) is 2.92. The van der Waals surface area contributed by atoms with Gasteiger partial charge in [-0.2, -0.15) is 4.98 Å². The molecule has 15 heteroatoms. The highest BCUT2D eigenvalue weighted by Crippen LogP contribution is 2.35. The van der Waals surface area contributed by atoms with E-state index >= 15 is 0 Å². The first-order chi connectivity index (χ1) is 21.6. The third kappa shape index (κ3) is 7.38. The summed E-state index contributed by atoms with van der Waals surface area (Å²) in [6, 6.07) is 16.6. The van der Waals surface area contributed by atoms with Gasteiger partial charge in [0.15, 0.2) is 24.5 Å². The molecule has 5 atom stereocenters. The van der Waals surface area contributed by atoms with Gasteiger partial charge in [0.1, 0.15) is 18.4 Å². The topological polar surface area (TPSA) is 184 Å². The number of hydrogen-bond donors (Lipinski definition) is 0. The molecule has 0 bridgehead atoms. The van der Waals surface area contributed by atoms with Crippen LogP contribution in [0.4, 0.5) is 0 Å². The van der Waals surface area contributed by atoms with Gasteiger partial charge < -0.3 is 28.2 Å². The molecular formula is C30H29N5O10. The van der Waals surface area contributed by atoms with Gasteiger partial charge >= 0.3 is 23.9 Å². The third-order valence-electron chi connectivity index (χ3n) is 6.62. The zero-order chi connectivity index (χ0) is 32.1. The van der Waals surface area contributed by atoms with Crippen molar-refractivity contribution in [1.82, 2.24) is 25.1 Å². The Morgan fingerprint density at radius 2 is 1.38 bits per heavy atom. The molecule has 2 aromatic heterocycles. The molecule has 1 saturated heterocycles. The van der Waals surface area contributed by atoms with E-state index in [1.165, 1.54) is 17.8 Å². The fraction of sp³-hybridized carbons (Fsp3) is 0.333. The van der Waals surface area contributed by atoms with E-state index in [9.17, 15) is 19.2 Å². The van der Waals surface area contributed by atoms with E-state index in [0.717, 1.165) is 26.3 Å². The summed E-state index contributed by atoms with van der Waals surface area (Å²) in [5.41, 5.74) is 2.60. The molecule has 0 aliphatic carbocycles. The van der Waals surface area contributed by atoms with Crippen molar-refractivity contribution < 1.29 is 47.4 Å². The maximum atomic E-state index is 12.1. The van der Waals surface area contributed by atoms with Crippen LogP contribution in [-0.4, -0.2) is 80.0 Å². The summed E-state index contributed by atoms with van der Waals surface area (Å²) in [6.45, 7) is 4.29. The quantitative estimate of drug-likeness (QED) is 0.197. The Bertz CT molecular complexity index is 1670. The molecule has 0 radical (unpaired) electrons. The first-order valence-electron chi connectivity index (χ1n) is 13.8. The summed E-state index contributed by atoms with van der Waals surface area (Å²) >= 11 is 0. The van der Waals surface area contributed by atoms with Crippen molar-refractivity contribution in [3.05, 3.63) is 60.8 Å². The summed E-state index contributed by atoms with van der Waals surface area (Å²) in [5, 5.41) is 12.5. The minimum Gasteiger partial charge on any atom is -0.463 e. The summed E-state index contributed by atoms with van der Waals surface area (Å²) in [6.07, 6.45) is -4.74. The monoisotopic (exact) mass is 619 g/mol. The van der Waals surface area contributed by atoms with Gasteiger partial charge in [-0.05, 0) is 12.1 Å². The Labute approximate surface area is 256 Å². The number of ether oxygens (including phenoxy) is 5. The van der Waals surface area contributed by atoms with E-state index in [4.69, 9.17) is 28.2 Å². The summed E-state index contributed by atoms with van der Waals surface area (Å²) in [7, 11) is 0. The smallest absolute Gasteiger partial charge is 0.303 e. The van der Waals surface area contributed by atoms with Crippen molar-refractivity contribution in [2.45, 2.75) is 58.3 Å². The van der Waals surface area contributed by atoms with Crippen molar-refractivity contribution in [1.29, 1.82) is 0 Å². The average molecular weight is 620 g/mol. The second kappa shape index (κ2) is 13.5. The minimum absolute atomic E-state index is 0.362. The molecule has 3 heterocycles. The molecule has 234 valence electrons. The number of carbonyl (C=O) groups is 4. The van der Waals surface area contributed by atoms with Crippen LogP contribution in [-0.2, 0) is 42.9 Å². The molecule has 5 rings (SSSR count). The number of benzene rings is 2. The Morgan fingerprint density at radius 3 is 2.02 bits per heavy atom. The van der Waals surface area contributed by atoms with Gasteiger partial charge in [-0.3, -0.25) is 19.2 Å². The number of nitrogens with zero attached hydrogens (tertiary/aromatic N) is 5. The molecule has 4 aromatic rings. The lowest BCUT2D eigenvalue weighted by molar-refractivity contribution is -0.270. The molecule has 1 fully saturated rings. The first-order valence-corrected chi connectivity index (χ1v) is 13.8. The predicted molar refractivity (Wildman–Crippen MR) is 151 cm³/mol. The van der Waals surface area contributed by atoms with E-state index in [-0.39, 0.29) is 6.61 Å². The van der Waals surface area contributed by atoms with Crippen LogP contribution in [0.25, 0.3) is 34.1 Å². The lowest BCUT2D eigenvalue weighted by Gasteiger charge is -2.44. The number of hydrogen-bond acceptors (Lipinski definition) is 14. The Morgan fingerprint density at radius 1 is 0.756 bits per heavy atom. The molecule has 0 N–H and O–H groups in total. The first kappa shape index (κ1) is 31.0. The number of esters is 4. The lowest BCUT2D eigenvalue weighted by Crippen LogP contribution is -2.60. The minimum atomic E-state index is -1.34. The number of carbonyl (C=O) groups excluding carboxylic acids is 4. The lowest BCUT2D eigenvalue weighted by atomic mass is 9.97. The van der Waals surface area contributed by atoms with Crippen LogP contribution in [0.2, 0.25) is 0 Å². The zero-order valence-electron chi connectivity index (χ0n) is 24.7. The van der Waals surface area contributed by atoms with Crippen LogP contribution >= 0.6 is 0 Å². The van der Waals surface area contributed by atoms with Crippen LogP contribution in [0, 0.1) is 0 Å². The average Bonchev–Trinajstić information content (AvgIpc) is 3.69. The van der Waals surface area contributed by atoms with Crippen molar-refractivity contribution in [3.63, 3.8) is 0 Å². The maximum Gasteiger partial charge on any atom is 0.303 e. The second-order valence-electron chi connectivity index (χ2n) is 10.0. The zero-order valence-corrected chi connectivity index (χ0v) is 24.7. The second-order valence-corrected chi connectivity index (χ2v) is 10.0. The highest BCUT2D eigenvalue weighted by Gasteiger charge is 2.53. The van der Waals surface area contributed by atoms with E-state index < -0.39 is 54.5 Å². The van der Waals surface area contributed by atoms with Gasteiger partial charge in [0, 0.05) is 44.4 Å². The summed E-state index contributed by atoms with van der Waals surface area (Å²) in [4.78, 5) is 52.3. The molecule has 0 amide bonds. The SMILES string of the molecule is CC(=O)OC[C@H]1O[C@@H](n2cc(-c3ccc(-c4noc(-c5ccccc5)n4)cc3)nn2)[C@H](OC(C)=O)[C@@H](OC(C)=O)[C@@H]1OC(C)=O. The van der Waals surface area contributed by atoms with E-state index in [2.05, 4.69) is 20.5 Å². The molecule has 2 aromatic carbocycles. The van der Waals surface area contributed by atoms with Crippen molar-refractivity contribution >= 4 is 23.9 Å². The molecule has 0 unspecified atom stereocenters. The van der Waals surface area contributed by atoms with Crippen LogP contribution in [0.3, 0.4) is 0 Å². The van der Waals surface area contributed by atoms with Gasteiger partial charge in [0.2, 0.25) is 5.82 Å². The summed E-state index contributed by atoms with van der Waals surface area (Å²) < 4.78 is 34.4. The number of aromatic nitrogens is 5. The van der Waals surface area contributed by atoms with Crippen LogP contribution in [0.15, 0.2) is 65.3 Å².